The number of rotatable bonds is 2. The molecule has 18 heavy (non-hydrogen) atoms. The number of hydrogen-bond donors (Lipinski definition) is 2. The van der Waals surface area contributed by atoms with Gasteiger partial charge in [-0.2, -0.15) is 4.98 Å². The molecular formula is C12H12N4O2. The third-order valence-electron chi connectivity index (χ3n) is 2.94. The molecule has 3 N–H and O–H groups in total. The van der Waals surface area contributed by atoms with E-state index in [1.807, 2.05) is 18.2 Å². The van der Waals surface area contributed by atoms with Crippen molar-refractivity contribution >= 4 is 11.6 Å². The van der Waals surface area contributed by atoms with Gasteiger partial charge < -0.3 is 15.6 Å². The fourth-order valence-electron chi connectivity index (χ4n) is 2.05. The molecule has 0 unspecified atom stereocenters. The van der Waals surface area contributed by atoms with Crippen LogP contribution in [0, 0.1) is 0 Å². The first-order valence-electron chi connectivity index (χ1n) is 5.75. The van der Waals surface area contributed by atoms with E-state index >= 15 is 0 Å². The summed E-state index contributed by atoms with van der Waals surface area (Å²) >= 11 is 0. The summed E-state index contributed by atoms with van der Waals surface area (Å²) < 4.78 is 5.02. The van der Waals surface area contributed by atoms with E-state index in [2.05, 4.69) is 15.5 Å². The topological polar surface area (TPSA) is 94.0 Å². The number of benzene rings is 1. The van der Waals surface area contributed by atoms with Gasteiger partial charge in [-0.15, -0.1) is 0 Å². The highest BCUT2D eigenvalue weighted by Gasteiger charge is 2.15. The summed E-state index contributed by atoms with van der Waals surface area (Å²) in [5.74, 6) is -0.470. The van der Waals surface area contributed by atoms with E-state index in [0.717, 1.165) is 30.6 Å². The van der Waals surface area contributed by atoms with Gasteiger partial charge in [0.1, 0.15) is 0 Å². The highest BCUT2D eigenvalue weighted by molar-refractivity contribution is 5.89. The van der Waals surface area contributed by atoms with Crippen LogP contribution in [0.15, 0.2) is 22.7 Å². The summed E-state index contributed by atoms with van der Waals surface area (Å²) in [4.78, 5) is 14.9. The Hall–Kier alpha value is -2.37. The lowest BCUT2D eigenvalue weighted by molar-refractivity contribution is 0.0987. The fraction of sp³-hybridized carbons (Fsp3) is 0.250. The summed E-state index contributed by atoms with van der Waals surface area (Å²) in [6, 6.07) is 5.87. The summed E-state index contributed by atoms with van der Waals surface area (Å²) in [5, 5.41) is 6.85. The van der Waals surface area contributed by atoms with Crippen LogP contribution in [0.1, 0.15) is 22.6 Å². The van der Waals surface area contributed by atoms with Crippen molar-refractivity contribution in [1.29, 1.82) is 0 Å². The maximum Gasteiger partial charge on any atom is 0.290 e. The van der Waals surface area contributed by atoms with E-state index in [-0.39, 0.29) is 5.82 Å². The first-order valence-corrected chi connectivity index (χ1v) is 5.75. The second-order valence-electron chi connectivity index (χ2n) is 4.19. The van der Waals surface area contributed by atoms with Crippen LogP contribution in [-0.4, -0.2) is 22.6 Å². The van der Waals surface area contributed by atoms with Gasteiger partial charge in [0.15, 0.2) is 0 Å². The number of nitrogens with two attached hydrogens (primary N) is 1. The normalized spacial score (nSPS) is 13.8. The third kappa shape index (κ3) is 1.81. The number of hydrogen-bond acceptors (Lipinski definition) is 5. The Morgan fingerprint density at radius 2 is 2.33 bits per heavy atom. The molecule has 3 rings (SSSR count). The van der Waals surface area contributed by atoms with Crippen LogP contribution in [0.2, 0.25) is 0 Å². The van der Waals surface area contributed by atoms with Gasteiger partial charge in [-0.1, -0.05) is 5.16 Å². The highest BCUT2D eigenvalue weighted by atomic mass is 16.5. The Balaban J connectivity index is 1.98. The van der Waals surface area contributed by atoms with Crippen LogP contribution in [0.4, 0.5) is 5.69 Å². The van der Waals surface area contributed by atoms with E-state index in [4.69, 9.17) is 10.3 Å². The second kappa shape index (κ2) is 4.14. The zero-order valence-electron chi connectivity index (χ0n) is 9.64. The number of fused-ring (bicyclic) bond motifs is 1. The molecule has 2 aromatic rings. The molecule has 2 heterocycles. The Morgan fingerprint density at radius 1 is 1.44 bits per heavy atom. The number of anilines is 1. The van der Waals surface area contributed by atoms with Crippen molar-refractivity contribution < 1.29 is 9.32 Å². The molecular weight excluding hydrogens is 232 g/mol. The Bertz CT molecular complexity index is 606. The number of aryl methyl sites for hydroxylation is 1. The van der Waals surface area contributed by atoms with Crippen LogP contribution >= 0.6 is 0 Å². The van der Waals surface area contributed by atoms with Gasteiger partial charge >= 0.3 is 0 Å². The molecule has 0 spiro atoms. The molecule has 6 heteroatoms. The summed E-state index contributed by atoms with van der Waals surface area (Å²) in [5.41, 5.74) is 8.24. The molecule has 0 bridgehead atoms. The lowest BCUT2D eigenvalue weighted by Crippen LogP contribution is -2.12. The number of aromatic nitrogens is 2. The molecule has 1 aromatic carbocycles. The predicted octanol–water partition coefficient (Wildman–Crippen LogP) is 1.19. The van der Waals surface area contributed by atoms with E-state index < -0.39 is 5.91 Å². The van der Waals surface area contributed by atoms with Crippen molar-refractivity contribution in [2.45, 2.75) is 12.8 Å². The molecule has 1 amide bonds. The average Bonchev–Trinajstić information content (AvgIpc) is 2.88. The first kappa shape index (κ1) is 10.8. The van der Waals surface area contributed by atoms with Crippen LogP contribution in [0.5, 0.6) is 0 Å². The molecule has 0 fully saturated rings. The minimum absolute atomic E-state index is 0.0964. The molecule has 6 nitrogen and oxygen atoms in total. The van der Waals surface area contributed by atoms with Gasteiger partial charge in [-0.05, 0) is 36.6 Å². The molecule has 1 aliphatic heterocycles. The summed E-state index contributed by atoms with van der Waals surface area (Å²) in [7, 11) is 0. The van der Waals surface area contributed by atoms with Crippen molar-refractivity contribution in [3.8, 4) is 11.5 Å². The molecule has 0 saturated carbocycles. The maximum absolute atomic E-state index is 10.9. The fourth-order valence-corrected chi connectivity index (χ4v) is 2.05. The van der Waals surface area contributed by atoms with Gasteiger partial charge in [0.2, 0.25) is 0 Å². The number of primary amides is 1. The van der Waals surface area contributed by atoms with Crippen molar-refractivity contribution in [2.24, 2.45) is 5.73 Å². The largest absolute Gasteiger partial charge is 0.385 e. The van der Waals surface area contributed by atoms with Gasteiger partial charge in [0.05, 0.1) is 0 Å². The number of carbonyl (C=O) groups excluding carboxylic acids is 1. The Kier molecular flexibility index (Phi) is 2.47. The summed E-state index contributed by atoms with van der Waals surface area (Å²) in [6.45, 7) is 0.999. The van der Waals surface area contributed by atoms with E-state index in [9.17, 15) is 4.79 Å². The van der Waals surface area contributed by atoms with Crippen LogP contribution in [0.3, 0.4) is 0 Å². The average molecular weight is 244 g/mol. The zero-order chi connectivity index (χ0) is 12.5. The third-order valence-corrected chi connectivity index (χ3v) is 2.94. The monoisotopic (exact) mass is 244 g/mol. The maximum atomic E-state index is 10.9. The number of nitrogens with zero attached hydrogens (tertiary/aromatic N) is 2. The van der Waals surface area contributed by atoms with Gasteiger partial charge in [0.25, 0.3) is 17.6 Å². The lowest BCUT2D eigenvalue weighted by atomic mass is 10.0. The standard InChI is InChI=1S/C12H12N4O2/c13-10(17)11-15-12(18-16-11)8-3-4-9-7(6-8)2-1-5-14-9/h3-4,6,14H,1-2,5H2,(H2,13,17). The molecule has 1 aliphatic rings. The lowest BCUT2D eigenvalue weighted by Gasteiger charge is -2.17. The smallest absolute Gasteiger partial charge is 0.290 e. The van der Waals surface area contributed by atoms with Crippen molar-refractivity contribution in [2.75, 3.05) is 11.9 Å². The SMILES string of the molecule is NC(=O)c1noc(-c2ccc3c(c2)CCCN3)n1. The second-order valence-corrected chi connectivity index (χ2v) is 4.19. The van der Waals surface area contributed by atoms with Crippen LogP contribution in [0.25, 0.3) is 11.5 Å². The van der Waals surface area contributed by atoms with Gasteiger partial charge in [0, 0.05) is 17.8 Å². The highest BCUT2D eigenvalue weighted by Crippen LogP contribution is 2.27. The number of carbonyl (C=O) groups is 1. The van der Waals surface area contributed by atoms with Gasteiger partial charge in [-0.25, -0.2) is 0 Å². The minimum atomic E-state index is -0.690. The Morgan fingerprint density at radius 3 is 3.11 bits per heavy atom. The molecule has 92 valence electrons. The molecule has 0 radical (unpaired) electrons. The van der Waals surface area contributed by atoms with Crippen molar-refractivity contribution in [3.63, 3.8) is 0 Å². The first-order chi connectivity index (χ1) is 8.74. The molecule has 0 saturated heterocycles. The predicted molar refractivity (Wildman–Crippen MR) is 65.1 cm³/mol. The minimum Gasteiger partial charge on any atom is -0.385 e. The van der Waals surface area contributed by atoms with Gasteiger partial charge in [-0.3, -0.25) is 4.79 Å². The zero-order valence-corrected chi connectivity index (χ0v) is 9.64. The quantitative estimate of drug-likeness (QED) is 0.827. The van der Waals surface area contributed by atoms with Crippen molar-refractivity contribution in [1.82, 2.24) is 10.1 Å². The van der Waals surface area contributed by atoms with Crippen LogP contribution in [-0.2, 0) is 6.42 Å². The van der Waals surface area contributed by atoms with Crippen LogP contribution < -0.4 is 11.1 Å². The molecule has 0 aliphatic carbocycles. The molecule has 1 aromatic heterocycles. The van der Waals surface area contributed by atoms with E-state index in [1.54, 1.807) is 0 Å². The van der Waals surface area contributed by atoms with Crippen molar-refractivity contribution in [3.05, 3.63) is 29.6 Å². The molecule has 0 atom stereocenters. The number of nitrogens with one attached hydrogen (secondary N) is 1. The summed E-state index contributed by atoms with van der Waals surface area (Å²) in [6.07, 6.45) is 2.12. The van der Waals surface area contributed by atoms with E-state index in [0.29, 0.717) is 5.89 Å². The number of amides is 1. The van der Waals surface area contributed by atoms with E-state index in [1.165, 1.54) is 5.56 Å². The Labute approximate surface area is 103 Å².